The highest BCUT2D eigenvalue weighted by atomic mass is 35.5. The van der Waals surface area contributed by atoms with Crippen molar-refractivity contribution in [1.82, 2.24) is 24.4 Å². The van der Waals surface area contributed by atoms with Gasteiger partial charge in [-0.05, 0) is 37.5 Å². The zero-order valence-corrected chi connectivity index (χ0v) is 23.1. The Bertz CT molecular complexity index is 1130. The maximum atomic E-state index is 9.61. The van der Waals surface area contributed by atoms with Crippen LogP contribution in [0.3, 0.4) is 0 Å². The Morgan fingerprint density at radius 1 is 1.03 bits per heavy atom. The molecule has 7 nitrogen and oxygen atoms in total. The summed E-state index contributed by atoms with van der Waals surface area (Å²) in [6.07, 6.45) is 5.51. The number of benzene rings is 1. The number of rotatable bonds is 9. The minimum Gasteiger partial charge on any atom is -0.394 e. The van der Waals surface area contributed by atoms with Gasteiger partial charge in [-0.3, -0.25) is 9.80 Å². The van der Waals surface area contributed by atoms with Crippen molar-refractivity contribution in [3.05, 3.63) is 70.2 Å². The van der Waals surface area contributed by atoms with Crippen molar-refractivity contribution in [3.8, 4) is 0 Å². The van der Waals surface area contributed by atoms with E-state index in [4.69, 9.17) is 15.2 Å². The van der Waals surface area contributed by atoms with Gasteiger partial charge in [0.2, 0.25) is 0 Å². The van der Waals surface area contributed by atoms with Crippen molar-refractivity contribution >= 4 is 36.5 Å². The van der Waals surface area contributed by atoms with E-state index in [0.717, 1.165) is 68.3 Å². The number of aryl methyl sites for hydroxylation is 3. The van der Waals surface area contributed by atoms with Gasteiger partial charge in [0.15, 0.2) is 5.65 Å². The van der Waals surface area contributed by atoms with Gasteiger partial charge in [-0.25, -0.2) is 9.50 Å². The van der Waals surface area contributed by atoms with Crippen LogP contribution in [0.5, 0.6) is 0 Å². The quantitative estimate of drug-likeness (QED) is 0.437. The summed E-state index contributed by atoms with van der Waals surface area (Å²) in [5.74, 6) is 0. The lowest BCUT2D eigenvalue weighted by Gasteiger charge is -2.34. The van der Waals surface area contributed by atoms with E-state index in [9.17, 15) is 5.11 Å². The fourth-order valence-corrected chi connectivity index (χ4v) is 4.67. The molecule has 1 aromatic carbocycles. The van der Waals surface area contributed by atoms with Crippen molar-refractivity contribution in [2.24, 2.45) is 0 Å². The molecule has 1 fully saturated rings. The highest BCUT2D eigenvalue weighted by molar-refractivity contribution is 5.85. The molecule has 0 amide bonds. The van der Waals surface area contributed by atoms with Crippen LogP contribution in [0.15, 0.2) is 36.4 Å². The van der Waals surface area contributed by atoms with Crippen LogP contribution >= 0.6 is 24.8 Å². The number of piperazine rings is 1. The van der Waals surface area contributed by atoms with E-state index in [1.165, 1.54) is 16.7 Å². The summed E-state index contributed by atoms with van der Waals surface area (Å²) in [6.45, 7) is 11.4. The molecule has 4 rings (SSSR count). The Hall–Kier alpha value is -2.00. The number of aliphatic hydroxyl groups is 2. The molecule has 0 spiro atoms. The summed E-state index contributed by atoms with van der Waals surface area (Å²) in [6, 6.07) is 10.8. The van der Waals surface area contributed by atoms with Crippen molar-refractivity contribution in [1.29, 1.82) is 0 Å². The average molecular weight is 537 g/mol. The minimum absolute atomic E-state index is 0. The second kappa shape index (κ2) is 14.1. The molecule has 1 saturated heterocycles. The number of aromatic nitrogens is 3. The Morgan fingerprint density at radius 2 is 1.69 bits per heavy atom. The first kappa shape index (κ1) is 30.2. The molecule has 3 heterocycles. The van der Waals surface area contributed by atoms with Gasteiger partial charge in [0.1, 0.15) is 0 Å². The molecular formula is C27H39Cl2N5O2. The molecule has 2 N–H and O–H groups in total. The lowest BCUT2D eigenvalue weighted by molar-refractivity contribution is 0.0414. The third kappa shape index (κ3) is 7.51. The number of nitrogens with zero attached hydrogens (tertiary/aromatic N) is 5. The molecule has 36 heavy (non-hydrogen) atoms. The Kier molecular flexibility index (Phi) is 11.8. The van der Waals surface area contributed by atoms with Crippen LogP contribution in [0.25, 0.3) is 11.7 Å². The summed E-state index contributed by atoms with van der Waals surface area (Å²) < 4.78 is 1.98. The fraction of sp³-hybridized carbons (Fsp3) is 0.481. The second-order valence-corrected chi connectivity index (χ2v) is 9.31. The summed E-state index contributed by atoms with van der Waals surface area (Å²) in [5, 5.41) is 23.4. The smallest absolute Gasteiger partial charge is 0.159 e. The molecule has 0 aliphatic carbocycles. The first-order valence-corrected chi connectivity index (χ1v) is 12.3. The fourth-order valence-electron chi connectivity index (χ4n) is 4.67. The zero-order valence-electron chi connectivity index (χ0n) is 21.4. The summed E-state index contributed by atoms with van der Waals surface area (Å²) in [5.41, 5.74) is 7.94. The number of halogens is 2. The van der Waals surface area contributed by atoms with Crippen LogP contribution in [0.1, 0.15) is 40.7 Å². The van der Waals surface area contributed by atoms with Crippen molar-refractivity contribution in [3.63, 3.8) is 0 Å². The van der Waals surface area contributed by atoms with Gasteiger partial charge in [-0.15, -0.1) is 24.8 Å². The van der Waals surface area contributed by atoms with Crippen LogP contribution < -0.4 is 0 Å². The van der Waals surface area contributed by atoms with E-state index in [0.29, 0.717) is 6.54 Å². The molecule has 0 saturated carbocycles. The molecule has 1 unspecified atom stereocenters. The van der Waals surface area contributed by atoms with Crippen LogP contribution in [0.4, 0.5) is 0 Å². The summed E-state index contributed by atoms with van der Waals surface area (Å²) >= 11 is 0. The Labute approximate surface area is 226 Å². The molecule has 0 radical (unpaired) electrons. The van der Waals surface area contributed by atoms with Gasteiger partial charge in [-0.2, -0.15) is 5.10 Å². The normalized spacial score (nSPS) is 15.7. The van der Waals surface area contributed by atoms with Crippen molar-refractivity contribution in [2.75, 3.05) is 45.9 Å². The molecule has 198 valence electrons. The van der Waals surface area contributed by atoms with Crippen LogP contribution in [0, 0.1) is 13.8 Å². The molecule has 9 heteroatoms. The summed E-state index contributed by atoms with van der Waals surface area (Å²) in [4.78, 5) is 9.42. The molecule has 2 aromatic heterocycles. The molecule has 1 aliphatic heterocycles. The van der Waals surface area contributed by atoms with Crippen LogP contribution in [0.2, 0.25) is 0 Å². The topological polar surface area (TPSA) is 77.1 Å². The van der Waals surface area contributed by atoms with Gasteiger partial charge >= 0.3 is 0 Å². The number of aliphatic hydroxyl groups excluding tert-OH is 2. The second-order valence-electron chi connectivity index (χ2n) is 9.31. The number of β-amino-alcohol motifs (C(OH)–C–C–N with tert-alkyl or cyclic N) is 1. The van der Waals surface area contributed by atoms with Gasteiger partial charge in [0.05, 0.1) is 18.4 Å². The molecular weight excluding hydrogens is 497 g/mol. The molecule has 3 aromatic rings. The minimum atomic E-state index is -0.639. The van der Waals surface area contributed by atoms with Gasteiger partial charge in [0, 0.05) is 62.6 Å². The number of fused-ring (bicyclic) bond motifs is 1. The lowest BCUT2D eigenvalue weighted by Crippen LogP contribution is -2.48. The first-order chi connectivity index (χ1) is 16.5. The predicted molar refractivity (Wildman–Crippen MR) is 151 cm³/mol. The average Bonchev–Trinajstić information content (AvgIpc) is 3.19. The predicted octanol–water partition coefficient (Wildman–Crippen LogP) is 3.33. The van der Waals surface area contributed by atoms with Gasteiger partial charge in [0.25, 0.3) is 0 Å². The SMILES string of the molecule is CCc1nn2c(C)cc(C)nc2c1Cc1ccc(C=CCN2CCN(CC(O)CO)CC2)cc1.Cl.Cl. The van der Waals surface area contributed by atoms with Crippen LogP contribution in [-0.4, -0.2) is 86.6 Å². The monoisotopic (exact) mass is 535 g/mol. The van der Waals surface area contributed by atoms with Gasteiger partial charge < -0.3 is 10.2 Å². The highest BCUT2D eigenvalue weighted by Gasteiger charge is 2.18. The lowest BCUT2D eigenvalue weighted by atomic mass is 10.0. The number of hydrogen-bond donors (Lipinski definition) is 2. The molecule has 1 aliphatic rings. The van der Waals surface area contributed by atoms with Gasteiger partial charge in [-0.1, -0.05) is 43.3 Å². The Balaban J connectivity index is 0.00000228. The molecule has 1 atom stereocenters. The van der Waals surface area contributed by atoms with E-state index in [-0.39, 0.29) is 31.4 Å². The van der Waals surface area contributed by atoms with Crippen molar-refractivity contribution in [2.45, 2.75) is 39.7 Å². The van der Waals surface area contributed by atoms with E-state index < -0.39 is 6.10 Å². The third-order valence-corrected chi connectivity index (χ3v) is 6.59. The molecule has 0 bridgehead atoms. The zero-order chi connectivity index (χ0) is 24.1. The maximum absolute atomic E-state index is 9.61. The maximum Gasteiger partial charge on any atom is 0.159 e. The third-order valence-electron chi connectivity index (χ3n) is 6.59. The largest absolute Gasteiger partial charge is 0.394 e. The van der Waals surface area contributed by atoms with E-state index in [2.05, 4.69) is 66.1 Å². The number of hydrogen-bond acceptors (Lipinski definition) is 6. The Morgan fingerprint density at radius 3 is 2.33 bits per heavy atom. The standard InChI is InChI=1S/C27H37N5O2.2ClH/c1-4-26-25(27-28-20(2)16-21(3)32(27)29-26)17-23-9-7-22(8-10-23)6-5-11-30-12-14-31(15-13-30)18-24(34)19-33;;/h5-10,16,24,33-34H,4,11-15,17-19H2,1-3H3;2*1H. The first-order valence-electron chi connectivity index (χ1n) is 12.3. The van der Waals surface area contributed by atoms with Crippen molar-refractivity contribution < 1.29 is 10.2 Å². The van der Waals surface area contributed by atoms with E-state index in [1.807, 2.05) is 11.4 Å². The summed E-state index contributed by atoms with van der Waals surface area (Å²) in [7, 11) is 0. The van der Waals surface area contributed by atoms with Crippen LogP contribution in [-0.2, 0) is 12.8 Å². The van der Waals surface area contributed by atoms with E-state index in [1.54, 1.807) is 0 Å². The van der Waals surface area contributed by atoms with E-state index >= 15 is 0 Å². The highest BCUT2D eigenvalue weighted by Crippen LogP contribution is 2.21.